The normalized spacial score (nSPS) is 15.0. The molecule has 21 heavy (non-hydrogen) atoms. The van der Waals surface area contributed by atoms with Gasteiger partial charge in [-0.15, -0.1) is 0 Å². The summed E-state index contributed by atoms with van der Waals surface area (Å²) >= 11 is 0. The van der Waals surface area contributed by atoms with Gasteiger partial charge in [0.1, 0.15) is 0 Å². The lowest BCUT2D eigenvalue weighted by atomic mass is 10.1. The van der Waals surface area contributed by atoms with Crippen LogP contribution in [0.3, 0.4) is 0 Å². The molecule has 1 aromatic rings. The van der Waals surface area contributed by atoms with Gasteiger partial charge in [-0.25, -0.2) is 0 Å². The Hall–Kier alpha value is -1.92. The largest absolute Gasteiger partial charge is 0.466 e. The second-order valence-corrected chi connectivity index (χ2v) is 4.66. The van der Waals surface area contributed by atoms with Crippen molar-refractivity contribution in [1.29, 1.82) is 0 Å². The molecule has 0 aliphatic carbocycles. The van der Waals surface area contributed by atoms with Gasteiger partial charge in [0.05, 0.1) is 26.2 Å². The number of amides is 1. The first-order chi connectivity index (χ1) is 10.1. The highest BCUT2D eigenvalue weighted by molar-refractivity contribution is 5.90. The lowest BCUT2D eigenvalue weighted by Crippen LogP contribution is -2.12. The number of esters is 1. The number of benzene rings is 1. The number of anilines is 1. The molecule has 1 N–H and O–H groups in total. The van der Waals surface area contributed by atoms with Crippen LogP contribution in [0.5, 0.6) is 0 Å². The molecule has 1 fully saturated rings. The molecule has 114 valence electrons. The minimum absolute atomic E-state index is 0.160. The Morgan fingerprint density at radius 3 is 2.67 bits per heavy atom. The fourth-order valence-corrected chi connectivity index (χ4v) is 2.13. The maximum Gasteiger partial charge on any atom is 0.310 e. The van der Waals surface area contributed by atoms with E-state index in [1.807, 2.05) is 6.07 Å². The molecule has 0 radical (unpaired) electrons. The minimum Gasteiger partial charge on any atom is -0.466 e. The zero-order valence-electron chi connectivity index (χ0n) is 12.2. The summed E-state index contributed by atoms with van der Waals surface area (Å²) < 4.78 is 15.8. The quantitative estimate of drug-likeness (QED) is 0.838. The summed E-state index contributed by atoms with van der Waals surface area (Å²) in [5.74, 6) is -0.491. The molecular weight excluding hydrogens is 274 g/mol. The molecule has 1 saturated heterocycles. The average Bonchev–Trinajstić information content (AvgIpc) is 2.92. The van der Waals surface area contributed by atoms with Gasteiger partial charge in [0.2, 0.25) is 5.91 Å². The summed E-state index contributed by atoms with van der Waals surface area (Å²) in [6.45, 7) is 4.58. The smallest absolute Gasteiger partial charge is 0.310 e. The number of carbonyl (C=O) groups excluding carboxylic acids is 2. The number of nitrogens with one attached hydrogen (secondary N) is 1. The SMILES string of the molecule is CCOC(=O)Cc1ccc(C2OCCO2)c(NC(C)=O)c1. The van der Waals surface area contributed by atoms with Gasteiger partial charge in [-0.1, -0.05) is 12.1 Å². The lowest BCUT2D eigenvalue weighted by molar-refractivity contribution is -0.142. The Morgan fingerprint density at radius 1 is 1.33 bits per heavy atom. The second kappa shape index (κ2) is 7.19. The van der Waals surface area contributed by atoms with E-state index >= 15 is 0 Å². The molecule has 1 aliphatic rings. The van der Waals surface area contributed by atoms with E-state index in [0.717, 1.165) is 11.1 Å². The van der Waals surface area contributed by atoms with E-state index in [0.29, 0.717) is 25.5 Å². The summed E-state index contributed by atoms with van der Waals surface area (Å²) in [6.07, 6.45) is -0.323. The van der Waals surface area contributed by atoms with E-state index < -0.39 is 6.29 Å². The highest BCUT2D eigenvalue weighted by Crippen LogP contribution is 2.30. The highest BCUT2D eigenvalue weighted by Gasteiger charge is 2.22. The summed E-state index contributed by atoms with van der Waals surface area (Å²) in [5.41, 5.74) is 2.10. The number of carbonyl (C=O) groups is 2. The van der Waals surface area contributed by atoms with Crippen molar-refractivity contribution in [2.75, 3.05) is 25.1 Å². The third-order valence-electron chi connectivity index (χ3n) is 2.96. The predicted molar refractivity (Wildman–Crippen MR) is 75.7 cm³/mol. The molecule has 2 rings (SSSR count). The van der Waals surface area contributed by atoms with E-state index in [2.05, 4.69) is 5.32 Å². The van der Waals surface area contributed by atoms with Crippen LogP contribution in [0.1, 0.15) is 31.3 Å². The lowest BCUT2D eigenvalue weighted by Gasteiger charge is -2.16. The molecule has 0 aromatic heterocycles. The molecule has 1 amide bonds. The van der Waals surface area contributed by atoms with Crippen LogP contribution < -0.4 is 5.32 Å². The fraction of sp³-hybridized carbons (Fsp3) is 0.467. The van der Waals surface area contributed by atoms with Gasteiger partial charge >= 0.3 is 5.97 Å². The standard InChI is InChI=1S/C15H19NO5/c1-3-19-14(18)9-11-4-5-12(15-20-6-7-21-15)13(8-11)16-10(2)17/h4-5,8,15H,3,6-7,9H2,1-2H3,(H,16,17). The van der Waals surface area contributed by atoms with Gasteiger partial charge < -0.3 is 19.5 Å². The van der Waals surface area contributed by atoms with Crippen molar-refractivity contribution in [3.63, 3.8) is 0 Å². The van der Waals surface area contributed by atoms with Gasteiger partial charge in [0.25, 0.3) is 0 Å². The van der Waals surface area contributed by atoms with Crippen molar-refractivity contribution in [2.45, 2.75) is 26.6 Å². The molecular formula is C15H19NO5. The molecule has 1 aliphatic heterocycles. The predicted octanol–water partition coefficient (Wildman–Crippen LogP) is 1.80. The van der Waals surface area contributed by atoms with Gasteiger partial charge in [-0.3, -0.25) is 9.59 Å². The van der Waals surface area contributed by atoms with Crippen molar-refractivity contribution >= 4 is 17.6 Å². The molecule has 6 nitrogen and oxygen atoms in total. The monoisotopic (exact) mass is 293 g/mol. The van der Waals surface area contributed by atoms with Crippen molar-refractivity contribution in [2.24, 2.45) is 0 Å². The van der Waals surface area contributed by atoms with Crippen LogP contribution in [0.4, 0.5) is 5.69 Å². The number of rotatable bonds is 5. The van der Waals surface area contributed by atoms with E-state index in [-0.39, 0.29) is 18.3 Å². The van der Waals surface area contributed by atoms with Crippen LogP contribution in [0.25, 0.3) is 0 Å². The van der Waals surface area contributed by atoms with Crippen LogP contribution in [0, 0.1) is 0 Å². The van der Waals surface area contributed by atoms with E-state index in [4.69, 9.17) is 14.2 Å². The average molecular weight is 293 g/mol. The first-order valence-corrected chi connectivity index (χ1v) is 6.89. The Morgan fingerprint density at radius 2 is 2.05 bits per heavy atom. The molecule has 0 saturated carbocycles. The number of hydrogen-bond acceptors (Lipinski definition) is 5. The molecule has 0 bridgehead atoms. The van der Waals surface area contributed by atoms with Crippen LogP contribution in [0.2, 0.25) is 0 Å². The molecule has 0 spiro atoms. The van der Waals surface area contributed by atoms with Crippen molar-refractivity contribution in [1.82, 2.24) is 0 Å². The van der Waals surface area contributed by atoms with Crippen molar-refractivity contribution in [3.05, 3.63) is 29.3 Å². The Labute approximate surface area is 123 Å². The zero-order chi connectivity index (χ0) is 15.2. The fourth-order valence-electron chi connectivity index (χ4n) is 2.13. The van der Waals surface area contributed by atoms with E-state index in [1.165, 1.54) is 6.92 Å². The summed E-state index contributed by atoms with van der Waals surface area (Å²) in [6, 6.07) is 5.36. The first kappa shape index (κ1) is 15.5. The molecule has 6 heteroatoms. The van der Waals surface area contributed by atoms with E-state index in [1.54, 1.807) is 19.1 Å². The van der Waals surface area contributed by atoms with Gasteiger partial charge in [0, 0.05) is 18.2 Å². The van der Waals surface area contributed by atoms with Crippen molar-refractivity contribution in [3.8, 4) is 0 Å². The summed E-state index contributed by atoms with van der Waals surface area (Å²) in [5, 5.41) is 2.74. The Bertz CT molecular complexity index is 523. The highest BCUT2D eigenvalue weighted by atomic mass is 16.7. The molecule has 1 aromatic carbocycles. The third-order valence-corrected chi connectivity index (χ3v) is 2.96. The molecule has 1 heterocycles. The summed E-state index contributed by atoms with van der Waals surface area (Å²) in [7, 11) is 0. The maximum atomic E-state index is 11.5. The van der Waals surface area contributed by atoms with Crippen LogP contribution >= 0.6 is 0 Å². The van der Waals surface area contributed by atoms with Crippen molar-refractivity contribution < 1.29 is 23.8 Å². The second-order valence-electron chi connectivity index (χ2n) is 4.66. The topological polar surface area (TPSA) is 73.9 Å². The zero-order valence-corrected chi connectivity index (χ0v) is 12.2. The van der Waals surface area contributed by atoms with Crippen LogP contribution in [0.15, 0.2) is 18.2 Å². The van der Waals surface area contributed by atoms with Gasteiger partial charge in [-0.2, -0.15) is 0 Å². The van der Waals surface area contributed by atoms with Crippen LogP contribution in [-0.2, 0) is 30.2 Å². The van der Waals surface area contributed by atoms with Gasteiger partial charge in [-0.05, 0) is 18.6 Å². The number of ether oxygens (including phenoxy) is 3. The third kappa shape index (κ3) is 4.27. The number of hydrogen-bond donors (Lipinski definition) is 1. The first-order valence-electron chi connectivity index (χ1n) is 6.89. The molecule has 0 unspecified atom stereocenters. The Balaban J connectivity index is 2.21. The van der Waals surface area contributed by atoms with E-state index in [9.17, 15) is 9.59 Å². The Kier molecular flexibility index (Phi) is 5.30. The summed E-state index contributed by atoms with van der Waals surface area (Å²) in [4.78, 5) is 22.9. The minimum atomic E-state index is -0.483. The molecule has 0 atom stereocenters. The maximum absolute atomic E-state index is 11.5. The van der Waals surface area contributed by atoms with Crippen LogP contribution in [-0.4, -0.2) is 31.7 Å². The van der Waals surface area contributed by atoms with Gasteiger partial charge in [0.15, 0.2) is 6.29 Å².